The van der Waals surface area contributed by atoms with E-state index in [2.05, 4.69) is 4.99 Å². The summed E-state index contributed by atoms with van der Waals surface area (Å²) in [5.41, 5.74) is 6.46. The summed E-state index contributed by atoms with van der Waals surface area (Å²) in [5, 5.41) is 10.8. The van der Waals surface area contributed by atoms with Crippen LogP contribution in [0.15, 0.2) is 29.3 Å². The van der Waals surface area contributed by atoms with Crippen LogP contribution in [0.1, 0.15) is 19.4 Å². The molecule has 0 saturated carbocycles. The van der Waals surface area contributed by atoms with Crippen molar-refractivity contribution in [1.82, 2.24) is 4.90 Å². The van der Waals surface area contributed by atoms with Crippen LogP contribution < -0.4 is 5.73 Å². The van der Waals surface area contributed by atoms with Crippen molar-refractivity contribution in [1.29, 1.82) is 0 Å². The molecular formula is C12H19IN4O2. The van der Waals surface area contributed by atoms with Gasteiger partial charge in [0.2, 0.25) is 0 Å². The third-order valence-electron chi connectivity index (χ3n) is 2.69. The summed E-state index contributed by atoms with van der Waals surface area (Å²) in [7, 11) is 0. The molecule has 6 nitrogen and oxygen atoms in total. The average Bonchev–Trinajstić information content (AvgIpc) is 2.38. The van der Waals surface area contributed by atoms with Gasteiger partial charge in [0.1, 0.15) is 0 Å². The van der Waals surface area contributed by atoms with Gasteiger partial charge in [-0.3, -0.25) is 10.1 Å². The normalized spacial score (nSPS) is 10.7. The second-order valence-corrected chi connectivity index (χ2v) is 3.73. The molecule has 1 rings (SSSR count). The summed E-state index contributed by atoms with van der Waals surface area (Å²) in [6.07, 6.45) is 0. The highest BCUT2D eigenvalue weighted by molar-refractivity contribution is 14.0. The van der Waals surface area contributed by atoms with Crippen LogP contribution in [0.25, 0.3) is 0 Å². The lowest BCUT2D eigenvalue weighted by Gasteiger charge is -2.19. The van der Waals surface area contributed by atoms with Crippen molar-refractivity contribution in [2.75, 3.05) is 13.1 Å². The van der Waals surface area contributed by atoms with Gasteiger partial charge >= 0.3 is 0 Å². The molecule has 1 aromatic carbocycles. The highest BCUT2D eigenvalue weighted by Gasteiger charge is 2.12. The molecule has 0 fully saturated rings. The average molecular weight is 378 g/mol. The van der Waals surface area contributed by atoms with Gasteiger partial charge in [0.15, 0.2) is 5.96 Å². The van der Waals surface area contributed by atoms with Gasteiger partial charge < -0.3 is 10.6 Å². The fourth-order valence-corrected chi connectivity index (χ4v) is 1.64. The predicted octanol–water partition coefficient (Wildman–Crippen LogP) is 2.37. The molecule has 0 unspecified atom stereocenters. The lowest BCUT2D eigenvalue weighted by Crippen LogP contribution is -2.37. The van der Waals surface area contributed by atoms with E-state index in [1.54, 1.807) is 18.2 Å². The predicted molar refractivity (Wildman–Crippen MR) is 86.8 cm³/mol. The van der Waals surface area contributed by atoms with Crippen LogP contribution in [-0.2, 0) is 6.54 Å². The van der Waals surface area contributed by atoms with Crippen molar-refractivity contribution in [2.24, 2.45) is 10.7 Å². The standard InChI is InChI=1S/C12H18N4O2.HI/c1-3-15(4-2)12(13)14-9-10-7-5-6-8-11(10)16(17)18;/h5-8H,3-4,9H2,1-2H3,(H2,13,14);1H. The Morgan fingerprint density at radius 1 is 1.37 bits per heavy atom. The van der Waals surface area contributed by atoms with E-state index >= 15 is 0 Å². The topological polar surface area (TPSA) is 84.8 Å². The monoisotopic (exact) mass is 378 g/mol. The van der Waals surface area contributed by atoms with E-state index in [9.17, 15) is 10.1 Å². The van der Waals surface area contributed by atoms with E-state index in [0.29, 0.717) is 11.5 Å². The van der Waals surface area contributed by atoms with Gasteiger partial charge in [0, 0.05) is 19.2 Å². The maximum absolute atomic E-state index is 10.8. The number of nitrogens with two attached hydrogens (primary N) is 1. The molecule has 0 aliphatic carbocycles. The van der Waals surface area contributed by atoms with Gasteiger partial charge in [-0.1, -0.05) is 18.2 Å². The van der Waals surface area contributed by atoms with Crippen LogP contribution in [0, 0.1) is 10.1 Å². The quantitative estimate of drug-likeness (QED) is 0.280. The zero-order valence-corrected chi connectivity index (χ0v) is 13.4. The highest BCUT2D eigenvalue weighted by Crippen LogP contribution is 2.18. The van der Waals surface area contributed by atoms with Gasteiger partial charge in [-0.05, 0) is 13.8 Å². The first kappa shape index (κ1) is 17.6. The number of halogens is 1. The Morgan fingerprint density at radius 2 is 1.95 bits per heavy atom. The van der Waals surface area contributed by atoms with E-state index in [0.717, 1.165) is 13.1 Å². The Bertz CT molecular complexity index is 447. The first-order chi connectivity index (χ1) is 8.60. The molecule has 0 bridgehead atoms. The Balaban J connectivity index is 0.00000324. The molecule has 0 radical (unpaired) electrons. The Labute approximate surface area is 129 Å². The van der Waals surface area contributed by atoms with Crippen LogP contribution in [0.5, 0.6) is 0 Å². The molecule has 0 aromatic heterocycles. The van der Waals surface area contributed by atoms with Crippen LogP contribution >= 0.6 is 24.0 Å². The number of nitro benzene ring substituents is 1. The van der Waals surface area contributed by atoms with Gasteiger partial charge in [0.05, 0.1) is 17.0 Å². The molecule has 0 amide bonds. The number of rotatable bonds is 5. The van der Waals surface area contributed by atoms with Crippen LogP contribution in [0.3, 0.4) is 0 Å². The molecule has 0 aliphatic heterocycles. The summed E-state index contributed by atoms with van der Waals surface area (Å²) in [5.74, 6) is 0.415. The number of nitro groups is 1. The van der Waals surface area contributed by atoms with E-state index in [1.165, 1.54) is 6.07 Å². The zero-order chi connectivity index (χ0) is 13.5. The second kappa shape index (κ2) is 8.68. The smallest absolute Gasteiger partial charge is 0.274 e. The third kappa shape index (κ3) is 5.01. The second-order valence-electron chi connectivity index (χ2n) is 3.73. The van der Waals surface area contributed by atoms with Crippen LogP contribution in [0.2, 0.25) is 0 Å². The molecule has 19 heavy (non-hydrogen) atoms. The lowest BCUT2D eigenvalue weighted by atomic mass is 10.2. The van der Waals surface area contributed by atoms with Gasteiger partial charge in [-0.25, -0.2) is 4.99 Å². The Morgan fingerprint density at radius 3 is 2.47 bits per heavy atom. The third-order valence-corrected chi connectivity index (χ3v) is 2.69. The number of para-hydroxylation sites is 1. The van der Waals surface area contributed by atoms with Crippen molar-refractivity contribution in [3.05, 3.63) is 39.9 Å². The van der Waals surface area contributed by atoms with E-state index < -0.39 is 4.92 Å². The van der Waals surface area contributed by atoms with E-state index in [1.807, 2.05) is 18.7 Å². The van der Waals surface area contributed by atoms with Gasteiger partial charge in [0.25, 0.3) is 5.69 Å². The molecule has 0 aliphatic rings. The summed E-state index contributed by atoms with van der Waals surface area (Å²) in [6.45, 7) is 5.72. The minimum absolute atomic E-state index is 0. The molecule has 1 aromatic rings. The number of nitrogens with zero attached hydrogens (tertiary/aromatic N) is 3. The fourth-order valence-electron chi connectivity index (χ4n) is 1.64. The van der Waals surface area contributed by atoms with Gasteiger partial charge in [-0.15, -0.1) is 24.0 Å². The first-order valence-electron chi connectivity index (χ1n) is 5.87. The Hall–Kier alpha value is -1.38. The van der Waals surface area contributed by atoms with Crippen molar-refractivity contribution in [2.45, 2.75) is 20.4 Å². The number of aliphatic imine (C=N–C) groups is 1. The number of guanidine groups is 1. The maximum atomic E-state index is 10.8. The number of hydrogen-bond donors (Lipinski definition) is 1. The highest BCUT2D eigenvalue weighted by atomic mass is 127. The largest absolute Gasteiger partial charge is 0.370 e. The van der Waals surface area contributed by atoms with Crippen molar-refractivity contribution >= 4 is 35.6 Å². The summed E-state index contributed by atoms with van der Waals surface area (Å²) in [6, 6.07) is 6.56. The fraction of sp³-hybridized carbons (Fsp3) is 0.417. The lowest BCUT2D eigenvalue weighted by molar-refractivity contribution is -0.385. The van der Waals surface area contributed by atoms with Gasteiger partial charge in [-0.2, -0.15) is 0 Å². The molecule has 0 heterocycles. The minimum atomic E-state index is -0.404. The number of hydrogen-bond acceptors (Lipinski definition) is 3. The summed E-state index contributed by atoms with van der Waals surface area (Å²) < 4.78 is 0. The molecule has 0 saturated heterocycles. The summed E-state index contributed by atoms with van der Waals surface area (Å²) >= 11 is 0. The van der Waals surface area contributed by atoms with Crippen LogP contribution in [-0.4, -0.2) is 28.9 Å². The van der Waals surface area contributed by atoms with Crippen molar-refractivity contribution in [3.63, 3.8) is 0 Å². The van der Waals surface area contributed by atoms with Crippen molar-refractivity contribution < 1.29 is 4.92 Å². The van der Waals surface area contributed by atoms with Crippen molar-refractivity contribution in [3.8, 4) is 0 Å². The molecule has 0 spiro atoms. The SMILES string of the molecule is CCN(CC)C(N)=NCc1ccccc1[N+](=O)[O-].I. The van der Waals surface area contributed by atoms with Crippen LogP contribution in [0.4, 0.5) is 5.69 Å². The Kier molecular flexibility index (Phi) is 8.05. The first-order valence-corrected chi connectivity index (χ1v) is 5.87. The molecule has 2 N–H and O–H groups in total. The molecule has 106 valence electrons. The summed E-state index contributed by atoms with van der Waals surface area (Å²) in [4.78, 5) is 16.5. The van der Waals surface area contributed by atoms with E-state index in [4.69, 9.17) is 5.73 Å². The zero-order valence-electron chi connectivity index (χ0n) is 11.1. The minimum Gasteiger partial charge on any atom is -0.370 e. The number of benzene rings is 1. The maximum Gasteiger partial charge on any atom is 0.274 e. The van der Waals surface area contributed by atoms with E-state index in [-0.39, 0.29) is 36.2 Å². The molecule has 0 atom stereocenters. The molecular weight excluding hydrogens is 359 g/mol. The molecule has 7 heteroatoms.